The Labute approximate surface area is 200 Å². The molecule has 5 rings (SSSR count). The van der Waals surface area contributed by atoms with Crippen LogP contribution in [0.4, 0.5) is 0 Å². The molecule has 5 nitrogen and oxygen atoms in total. The Morgan fingerprint density at radius 3 is 2.68 bits per heavy atom. The molecule has 1 aliphatic rings. The number of furan rings is 1. The highest BCUT2D eigenvalue weighted by atomic mass is 35.5. The van der Waals surface area contributed by atoms with E-state index in [2.05, 4.69) is 58.2 Å². The monoisotopic (exact) mass is 480 g/mol. The fourth-order valence-corrected chi connectivity index (χ4v) is 4.18. The van der Waals surface area contributed by atoms with Crippen molar-refractivity contribution in [1.82, 2.24) is 20.4 Å². The molecule has 2 N–H and O–H groups in total. The van der Waals surface area contributed by atoms with E-state index in [0.717, 1.165) is 41.7 Å². The van der Waals surface area contributed by atoms with Crippen LogP contribution in [0.1, 0.15) is 30.0 Å². The van der Waals surface area contributed by atoms with Gasteiger partial charge in [0.25, 0.3) is 0 Å². The standard InChI is InChI=1S/C23H24N4O.3ClH/c1-2-6-17(7-3-1)22-21(8-4-10-24-22)25-16-19-15-20(27-12-5-11-26-27)14-18-9-13-28-23(18)19;;;/h1-3,5-7,9,11-15,21-22,24-25H,4,8,10,16H2;3*1H/t21-,22-;;;/m0.../s1. The summed E-state index contributed by atoms with van der Waals surface area (Å²) >= 11 is 0. The number of halogens is 3. The summed E-state index contributed by atoms with van der Waals surface area (Å²) in [5.41, 5.74) is 4.50. The van der Waals surface area contributed by atoms with E-state index >= 15 is 0 Å². The first-order chi connectivity index (χ1) is 13.9. The van der Waals surface area contributed by atoms with Crippen molar-refractivity contribution < 1.29 is 4.42 Å². The lowest BCUT2D eigenvalue weighted by atomic mass is 9.92. The van der Waals surface area contributed by atoms with Crippen LogP contribution in [-0.4, -0.2) is 22.4 Å². The molecule has 1 fully saturated rings. The third-order valence-electron chi connectivity index (χ3n) is 5.55. The minimum Gasteiger partial charge on any atom is -0.464 e. The maximum Gasteiger partial charge on any atom is 0.138 e. The molecule has 0 aliphatic carbocycles. The zero-order valence-electron chi connectivity index (χ0n) is 16.9. The van der Waals surface area contributed by atoms with E-state index in [4.69, 9.17) is 4.42 Å². The molecule has 1 saturated heterocycles. The number of hydrogen-bond donors (Lipinski definition) is 2. The molecule has 0 amide bonds. The van der Waals surface area contributed by atoms with Gasteiger partial charge in [-0.2, -0.15) is 5.10 Å². The number of aromatic nitrogens is 2. The number of nitrogens with one attached hydrogen (secondary N) is 2. The molecule has 0 spiro atoms. The number of hydrogen-bond acceptors (Lipinski definition) is 4. The van der Waals surface area contributed by atoms with Gasteiger partial charge in [-0.3, -0.25) is 0 Å². The van der Waals surface area contributed by atoms with Crippen molar-refractivity contribution in [3.63, 3.8) is 0 Å². The van der Waals surface area contributed by atoms with Gasteiger partial charge >= 0.3 is 0 Å². The van der Waals surface area contributed by atoms with E-state index in [1.807, 2.05) is 23.0 Å². The van der Waals surface area contributed by atoms with Gasteiger partial charge in [-0.1, -0.05) is 30.3 Å². The van der Waals surface area contributed by atoms with Gasteiger partial charge < -0.3 is 15.1 Å². The molecule has 3 heterocycles. The van der Waals surface area contributed by atoms with Gasteiger partial charge in [0.15, 0.2) is 0 Å². The molecule has 31 heavy (non-hydrogen) atoms. The summed E-state index contributed by atoms with van der Waals surface area (Å²) in [4.78, 5) is 0. The van der Waals surface area contributed by atoms with Crippen molar-refractivity contribution in [2.45, 2.75) is 31.5 Å². The number of benzene rings is 2. The molecule has 2 aromatic heterocycles. The van der Waals surface area contributed by atoms with Crippen LogP contribution in [0, 0.1) is 0 Å². The van der Waals surface area contributed by atoms with Crippen LogP contribution in [0.5, 0.6) is 0 Å². The number of fused-ring (bicyclic) bond motifs is 1. The van der Waals surface area contributed by atoms with Gasteiger partial charge in [-0.25, -0.2) is 4.68 Å². The second-order valence-corrected chi connectivity index (χ2v) is 7.37. The van der Waals surface area contributed by atoms with Gasteiger partial charge in [0.1, 0.15) is 5.58 Å². The molecular weight excluding hydrogens is 455 g/mol. The van der Waals surface area contributed by atoms with Crippen molar-refractivity contribution in [1.29, 1.82) is 0 Å². The minimum atomic E-state index is 0. The van der Waals surface area contributed by atoms with Crippen molar-refractivity contribution in [2.24, 2.45) is 0 Å². The van der Waals surface area contributed by atoms with Crippen molar-refractivity contribution in [3.05, 3.63) is 84.4 Å². The molecule has 4 aromatic rings. The Balaban J connectivity index is 0.00000114. The van der Waals surface area contributed by atoms with Gasteiger partial charge in [0.2, 0.25) is 0 Å². The lowest BCUT2D eigenvalue weighted by molar-refractivity contribution is 0.304. The van der Waals surface area contributed by atoms with Crippen LogP contribution in [0.15, 0.2) is 77.7 Å². The predicted molar refractivity (Wildman–Crippen MR) is 132 cm³/mol. The van der Waals surface area contributed by atoms with E-state index in [0.29, 0.717) is 12.1 Å². The molecule has 0 bridgehead atoms. The predicted octanol–water partition coefficient (Wildman–Crippen LogP) is 5.47. The van der Waals surface area contributed by atoms with Gasteiger partial charge in [-0.05, 0) is 49.2 Å². The second kappa shape index (κ2) is 11.6. The maximum atomic E-state index is 5.79. The van der Waals surface area contributed by atoms with E-state index in [9.17, 15) is 0 Å². The Bertz CT molecular complexity index is 1050. The van der Waals surface area contributed by atoms with Crippen LogP contribution >= 0.6 is 37.2 Å². The summed E-state index contributed by atoms with van der Waals surface area (Å²) in [6, 6.07) is 19.7. The van der Waals surface area contributed by atoms with Crippen LogP contribution < -0.4 is 10.6 Å². The SMILES string of the molecule is Cl.Cl.Cl.c1ccc([C@@H]2NCCC[C@@H]2NCc2cc(-n3cccn3)cc3ccoc23)cc1. The highest BCUT2D eigenvalue weighted by Gasteiger charge is 2.25. The highest BCUT2D eigenvalue weighted by Crippen LogP contribution is 2.27. The molecule has 2 atom stereocenters. The molecular formula is C23H27Cl3N4O. The molecule has 0 radical (unpaired) electrons. The van der Waals surface area contributed by atoms with Gasteiger partial charge in [0.05, 0.1) is 12.0 Å². The largest absolute Gasteiger partial charge is 0.464 e. The van der Waals surface area contributed by atoms with Crippen LogP contribution in [0.25, 0.3) is 16.7 Å². The summed E-state index contributed by atoms with van der Waals surface area (Å²) < 4.78 is 7.68. The van der Waals surface area contributed by atoms with Crippen molar-refractivity contribution in [3.8, 4) is 5.69 Å². The fourth-order valence-electron chi connectivity index (χ4n) is 4.18. The summed E-state index contributed by atoms with van der Waals surface area (Å²) in [7, 11) is 0. The third-order valence-corrected chi connectivity index (χ3v) is 5.55. The first kappa shape index (κ1) is 25.2. The summed E-state index contributed by atoms with van der Waals surface area (Å²) in [6.07, 6.45) is 7.87. The first-order valence-electron chi connectivity index (χ1n) is 9.90. The average Bonchev–Trinajstić information content (AvgIpc) is 3.44. The molecule has 1 aliphatic heterocycles. The summed E-state index contributed by atoms with van der Waals surface area (Å²) in [5.74, 6) is 0. The quantitative estimate of drug-likeness (QED) is 0.397. The molecule has 8 heteroatoms. The zero-order valence-corrected chi connectivity index (χ0v) is 19.4. The lowest BCUT2D eigenvalue weighted by Crippen LogP contribution is -2.45. The molecule has 166 valence electrons. The Morgan fingerprint density at radius 1 is 1.06 bits per heavy atom. The molecule has 0 saturated carbocycles. The van der Waals surface area contributed by atoms with E-state index in [-0.39, 0.29) is 37.2 Å². The first-order valence-corrected chi connectivity index (χ1v) is 9.90. The fraction of sp³-hybridized carbons (Fsp3) is 0.261. The third kappa shape index (κ3) is 5.43. The Hall–Kier alpha value is -2.02. The number of rotatable bonds is 5. The molecule has 0 unspecified atom stereocenters. The van der Waals surface area contributed by atoms with Gasteiger partial charge in [0, 0.05) is 42.0 Å². The van der Waals surface area contributed by atoms with E-state index < -0.39 is 0 Å². The van der Waals surface area contributed by atoms with Crippen LogP contribution in [0.3, 0.4) is 0 Å². The number of nitrogens with zero attached hydrogens (tertiary/aromatic N) is 2. The second-order valence-electron chi connectivity index (χ2n) is 7.37. The lowest BCUT2D eigenvalue weighted by Gasteiger charge is -2.34. The topological polar surface area (TPSA) is 55.0 Å². The van der Waals surface area contributed by atoms with Crippen molar-refractivity contribution in [2.75, 3.05) is 6.54 Å². The smallest absolute Gasteiger partial charge is 0.138 e. The maximum absolute atomic E-state index is 5.79. The number of piperidine rings is 1. The average molecular weight is 482 g/mol. The van der Waals surface area contributed by atoms with Crippen LogP contribution in [-0.2, 0) is 6.54 Å². The van der Waals surface area contributed by atoms with Gasteiger partial charge in [-0.15, -0.1) is 37.2 Å². The summed E-state index contributed by atoms with van der Waals surface area (Å²) in [6.45, 7) is 1.82. The Morgan fingerprint density at radius 2 is 1.90 bits per heavy atom. The molecule has 2 aromatic carbocycles. The minimum absolute atomic E-state index is 0. The normalized spacial score (nSPS) is 17.9. The Kier molecular flexibility index (Phi) is 9.41. The zero-order chi connectivity index (χ0) is 18.8. The van der Waals surface area contributed by atoms with Crippen molar-refractivity contribution >= 4 is 48.2 Å². The summed E-state index contributed by atoms with van der Waals surface area (Å²) in [5, 5.41) is 13.0. The van der Waals surface area contributed by atoms with E-state index in [1.54, 1.807) is 12.5 Å². The van der Waals surface area contributed by atoms with Crippen LogP contribution in [0.2, 0.25) is 0 Å². The van der Waals surface area contributed by atoms with E-state index in [1.165, 1.54) is 12.0 Å². The highest BCUT2D eigenvalue weighted by molar-refractivity contribution is 5.86.